The molecule has 0 saturated heterocycles. The quantitative estimate of drug-likeness (QED) is 0.639. The maximum Gasteiger partial charge on any atom is 0.332 e. The van der Waals surface area contributed by atoms with Crippen molar-refractivity contribution in [3.05, 3.63) is 41.1 Å². The van der Waals surface area contributed by atoms with Crippen molar-refractivity contribution in [3.8, 4) is 0 Å². The highest BCUT2D eigenvalue weighted by Crippen LogP contribution is 2.19. The summed E-state index contributed by atoms with van der Waals surface area (Å²) < 4.78 is 4.62. The fraction of sp³-hybridized carbons (Fsp3) is 0.412. The number of nitrogens with one attached hydrogen (secondary N) is 2. The van der Waals surface area contributed by atoms with Gasteiger partial charge in [0, 0.05) is 16.8 Å². The van der Waals surface area contributed by atoms with E-state index in [0.717, 1.165) is 31.8 Å². The number of carbonyl (C=O) groups excluding carboxylic acids is 2. The summed E-state index contributed by atoms with van der Waals surface area (Å²) in [5.74, 6) is -0.907. The monoisotopic (exact) mass is 336 g/mol. The number of methoxy groups -OCH3 is 1. The molecule has 0 atom stereocenters. The van der Waals surface area contributed by atoms with Crippen molar-refractivity contribution < 1.29 is 14.3 Å². The summed E-state index contributed by atoms with van der Waals surface area (Å²) in [7, 11) is 1.27. The van der Waals surface area contributed by atoms with Crippen molar-refractivity contribution in [1.29, 1.82) is 0 Å². The van der Waals surface area contributed by atoms with Crippen LogP contribution in [0.25, 0.3) is 0 Å². The van der Waals surface area contributed by atoms with Crippen LogP contribution in [0.5, 0.6) is 0 Å². The molecule has 1 aliphatic carbocycles. The number of esters is 1. The van der Waals surface area contributed by atoms with Gasteiger partial charge in [-0.15, -0.1) is 0 Å². The van der Waals surface area contributed by atoms with E-state index >= 15 is 0 Å². The topological polar surface area (TPSA) is 67.4 Å². The van der Waals surface area contributed by atoms with Crippen LogP contribution in [-0.2, 0) is 14.3 Å². The molecular weight excluding hydrogens is 316 g/mol. The molecule has 1 amide bonds. The number of amides is 1. The van der Waals surface area contributed by atoms with Crippen LogP contribution in [-0.4, -0.2) is 25.0 Å². The fourth-order valence-corrected chi connectivity index (χ4v) is 2.76. The van der Waals surface area contributed by atoms with Gasteiger partial charge in [0.15, 0.2) is 0 Å². The highest BCUT2D eigenvalue weighted by Gasteiger charge is 2.19. The Labute approximate surface area is 141 Å². The summed E-state index contributed by atoms with van der Waals surface area (Å²) in [6.45, 7) is 0. The third kappa shape index (κ3) is 5.60. The lowest BCUT2D eigenvalue weighted by atomic mass is 9.95. The Morgan fingerprint density at radius 3 is 2.65 bits per heavy atom. The SMILES string of the molecule is COC(=O)/C=C(\Nc1cccc(Cl)c1)C(=O)NC1CCCCC1. The van der Waals surface area contributed by atoms with Crippen LogP contribution in [0.1, 0.15) is 32.1 Å². The molecule has 0 aliphatic heterocycles. The number of benzene rings is 1. The number of carbonyl (C=O) groups is 2. The van der Waals surface area contributed by atoms with Crippen molar-refractivity contribution in [1.82, 2.24) is 5.32 Å². The molecule has 0 unspecified atom stereocenters. The number of hydrogen-bond acceptors (Lipinski definition) is 4. The van der Waals surface area contributed by atoms with E-state index in [0.29, 0.717) is 10.7 Å². The zero-order valence-electron chi connectivity index (χ0n) is 13.1. The first-order chi connectivity index (χ1) is 11.1. The third-order valence-corrected chi connectivity index (χ3v) is 3.99. The number of halogens is 1. The van der Waals surface area contributed by atoms with E-state index in [2.05, 4.69) is 15.4 Å². The van der Waals surface area contributed by atoms with E-state index in [1.807, 2.05) is 0 Å². The van der Waals surface area contributed by atoms with Crippen LogP contribution in [0, 0.1) is 0 Å². The maximum atomic E-state index is 12.5. The minimum atomic E-state index is -0.590. The Bertz CT molecular complexity index is 595. The molecular formula is C17H21ClN2O3. The van der Waals surface area contributed by atoms with E-state index in [-0.39, 0.29) is 17.6 Å². The summed E-state index contributed by atoms with van der Waals surface area (Å²) in [4.78, 5) is 24.0. The van der Waals surface area contributed by atoms with E-state index in [1.165, 1.54) is 13.5 Å². The Morgan fingerprint density at radius 2 is 2.00 bits per heavy atom. The highest BCUT2D eigenvalue weighted by molar-refractivity contribution is 6.30. The molecule has 5 nitrogen and oxygen atoms in total. The van der Waals surface area contributed by atoms with Crippen molar-refractivity contribution >= 4 is 29.2 Å². The highest BCUT2D eigenvalue weighted by atomic mass is 35.5. The summed E-state index contributed by atoms with van der Waals surface area (Å²) in [5, 5.41) is 6.45. The van der Waals surface area contributed by atoms with Gasteiger partial charge >= 0.3 is 5.97 Å². The summed E-state index contributed by atoms with van der Waals surface area (Å²) in [6, 6.07) is 7.10. The molecule has 1 aliphatic rings. The summed E-state index contributed by atoms with van der Waals surface area (Å²) >= 11 is 5.94. The first-order valence-electron chi connectivity index (χ1n) is 7.71. The van der Waals surface area contributed by atoms with E-state index in [9.17, 15) is 9.59 Å². The zero-order chi connectivity index (χ0) is 16.7. The van der Waals surface area contributed by atoms with Crippen LogP contribution in [0.4, 0.5) is 5.69 Å². The smallest absolute Gasteiger partial charge is 0.332 e. The molecule has 0 aromatic heterocycles. The third-order valence-electron chi connectivity index (χ3n) is 3.75. The normalized spacial score (nSPS) is 15.8. The first kappa shape index (κ1) is 17.3. The van der Waals surface area contributed by atoms with Gasteiger partial charge in [-0.05, 0) is 31.0 Å². The van der Waals surface area contributed by atoms with Crippen LogP contribution in [0.3, 0.4) is 0 Å². The Balaban J connectivity index is 2.11. The maximum absolute atomic E-state index is 12.5. The Hall–Kier alpha value is -2.01. The fourth-order valence-electron chi connectivity index (χ4n) is 2.57. The molecule has 1 saturated carbocycles. The van der Waals surface area contributed by atoms with Gasteiger partial charge in [0.05, 0.1) is 13.2 Å². The molecule has 1 aromatic rings. The second-order valence-corrected chi connectivity index (χ2v) is 5.96. The van der Waals surface area contributed by atoms with Gasteiger partial charge in [-0.25, -0.2) is 4.79 Å². The minimum absolute atomic E-state index is 0.143. The predicted octanol–water partition coefficient (Wildman–Crippen LogP) is 3.26. The van der Waals surface area contributed by atoms with Gasteiger partial charge in [-0.2, -0.15) is 0 Å². The molecule has 2 rings (SSSR count). The van der Waals surface area contributed by atoms with Gasteiger partial charge in [-0.3, -0.25) is 4.79 Å². The lowest BCUT2D eigenvalue weighted by molar-refractivity contribution is -0.135. The van der Waals surface area contributed by atoms with Gasteiger partial charge in [0.2, 0.25) is 0 Å². The molecule has 0 heterocycles. The molecule has 23 heavy (non-hydrogen) atoms. The summed E-state index contributed by atoms with van der Waals surface area (Å²) in [5.41, 5.74) is 0.774. The zero-order valence-corrected chi connectivity index (χ0v) is 13.9. The molecule has 6 heteroatoms. The van der Waals surface area contributed by atoms with Gasteiger partial charge in [0.25, 0.3) is 5.91 Å². The average molecular weight is 337 g/mol. The number of ether oxygens (including phenoxy) is 1. The van der Waals surface area contributed by atoms with Crippen LogP contribution < -0.4 is 10.6 Å². The Morgan fingerprint density at radius 1 is 1.26 bits per heavy atom. The van der Waals surface area contributed by atoms with E-state index in [1.54, 1.807) is 24.3 Å². The molecule has 0 radical (unpaired) electrons. The predicted molar refractivity (Wildman–Crippen MR) is 90.2 cm³/mol. The van der Waals surface area contributed by atoms with Crippen molar-refractivity contribution in [3.63, 3.8) is 0 Å². The summed E-state index contributed by atoms with van der Waals surface area (Å²) in [6.07, 6.45) is 6.52. The number of hydrogen-bond donors (Lipinski definition) is 2. The largest absolute Gasteiger partial charge is 0.466 e. The molecule has 0 spiro atoms. The van der Waals surface area contributed by atoms with Crippen molar-refractivity contribution in [2.75, 3.05) is 12.4 Å². The van der Waals surface area contributed by atoms with Gasteiger partial charge in [-0.1, -0.05) is 36.9 Å². The standard InChI is InChI=1S/C17H21ClN2O3/c1-23-16(21)11-15(19-14-9-5-6-12(18)10-14)17(22)20-13-7-3-2-4-8-13/h5-6,9-11,13,19H,2-4,7-8H2,1H3,(H,20,22)/b15-11-. The second-order valence-electron chi connectivity index (χ2n) is 5.52. The Kier molecular flexibility index (Phi) is 6.47. The number of anilines is 1. The molecule has 1 fully saturated rings. The van der Waals surface area contributed by atoms with Gasteiger partial charge in [0.1, 0.15) is 5.70 Å². The van der Waals surface area contributed by atoms with Crippen LogP contribution >= 0.6 is 11.6 Å². The molecule has 1 aromatic carbocycles. The lowest BCUT2D eigenvalue weighted by Gasteiger charge is -2.23. The van der Waals surface area contributed by atoms with Gasteiger partial charge < -0.3 is 15.4 Å². The molecule has 0 bridgehead atoms. The van der Waals surface area contributed by atoms with Crippen molar-refractivity contribution in [2.45, 2.75) is 38.1 Å². The van der Waals surface area contributed by atoms with Crippen molar-refractivity contribution in [2.24, 2.45) is 0 Å². The number of rotatable bonds is 5. The second kappa shape index (κ2) is 8.58. The molecule has 2 N–H and O–H groups in total. The van der Waals surface area contributed by atoms with Crippen LogP contribution in [0.15, 0.2) is 36.0 Å². The minimum Gasteiger partial charge on any atom is -0.466 e. The lowest BCUT2D eigenvalue weighted by Crippen LogP contribution is -2.38. The molecule has 124 valence electrons. The van der Waals surface area contributed by atoms with E-state index < -0.39 is 5.97 Å². The first-order valence-corrected chi connectivity index (χ1v) is 8.09. The van der Waals surface area contributed by atoms with E-state index in [4.69, 9.17) is 11.6 Å². The average Bonchev–Trinajstić information content (AvgIpc) is 2.55. The van der Waals surface area contributed by atoms with Crippen LogP contribution in [0.2, 0.25) is 5.02 Å².